The van der Waals surface area contributed by atoms with E-state index in [-0.39, 0.29) is 0 Å². The average Bonchev–Trinajstić information content (AvgIpc) is 2.63. The van der Waals surface area contributed by atoms with E-state index in [0.717, 1.165) is 28.7 Å². The molecule has 15 heavy (non-hydrogen) atoms. The Bertz CT molecular complexity index is 327. The van der Waals surface area contributed by atoms with Crippen molar-refractivity contribution < 1.29 is 0 Å². The predicted octanol–water partition coefficient (Wildman–Crippen LogP) is 3.69. The first-order chi connectivity index (χ1) is 7.27. The van der Waals surface area contributed by atoms with Crippen LogP contribution in [0.25, 0.3) is 0 Å². The molecule has 0 amide bonds. The van der Waals surface area contributed by atoms with Crippen molar-refractivity contribution in [1.29, 1.82) is 0 Å². The summed E-state index contributed by atoms with van der Waals surface area (Å²) in [5.74, 6) is 2.65. The summed E-state index contributed by atoms with van der Waals surface area (Å²) in [6.07, 6.45) is 5.95. The zero-order chi connectivity index (χ0) is 10.7. The first kappa shape index (κ1) is 10.9. The van der Waals surface area contributed by atoms with Crippen LogP contribution in [0.4, 0.5) is 5.82 Å². The summed E-state index contributed by atoms with van der Waals surface area (Å²) in [6.45, 7) is 3.41. The van der Waals surface area contributed by atoms with E-state index in [0.29, 0.717) is 0 Å². The smallest absolute Gasteiger partial charge is 0.140 e. The molecule has 1 saturated carbocycles. The number of nitrogens with one attached hydrogen (secondary N) is 1. The van der Waals surface area contributed by atoms with Gasteiger partial charge in [-0.15, -0.1) is 0 Å². The van der Waals surface area contributed by atoms with Crippen molar-refractivity contribution >= 4 is 21.7 Å². The molecule has 0 spiro atoms. The molecule has 2 rings (SSSR count). The van der Waals surface area contributed by atoms with E-state index in [1.165, 1.54) is 19.3 Å². The van der Waals surface area contributed by atoms with Crippen LogP contribution in [0.3, 0.4) is 0 Å². The summed E-state index contributed by atoms with van der Waals surface area (Å²) in [6, 6.07) is 3.96. The highest BCUT2D eigenvalue weighted by molar-refractivity contribution is 9.10. The second-order valence-corrected chi connectivity index (χ2v) is 5.24. The topological polar surface area (TPSA) is 24.9 Å². The molecule has 1 aliphatic rings. The van der Waals surface area contributed by atoms with Crippen LogP contribution >= 0.6 is 15.9 Å². The number of halogens is 1. The highest BCUT2D eigenvalue weighted by atomic mass is 79.9. The van der Waals surface area contributed by atoms with E-state index in [4.69, 9.17) is 0 Å². The Morgan fingerprint density at radius 3 is 3.07 bits per heavy atom. The quantitative estimate of drug-likeness (QED) is 0.905. The van der Waals surface area contributed by atoms with E-state index in [2.05, 4.69) is 33.2 Å². The highest BCUT2D eigenvalue weighted by Gasteiger charge is 2.22. The molecule has 3 heteroatoms. The van der Waals surface area contributed by atoms with Gasteiger partial charge in [0.05, 0.1) is 4.47 Å². The van der Waals surface area contributed by atoms with Gasteiger partial charge in [-0.1, -0.05) is 19.8 Å². The lowest BCUT2D eigenvalue weighted by Crippen LogP contribution is -2.17. The summed E-state index contributed by atoms with van der Waals surface area (Å²) >= 11 is 3.50. The Labute approximate surface area is 99.6 Å². The maximum Gasteiger partial charge on any atom is 0.140 e. The minimum absolute atomic E-state index is 0.818. The van der Waals surface area contributed by atoms with Gasteiger partial charge in [0.15, 0.2) is 0 Å². The molecule has 2 nitrogen and oxygen atoms in total. The number of pyridine rings is 1. The Morgan fingerprint density at radius 2 is 2.40 bits per heavy atom. The van der Waals surface area contributed by atoms with Gasteiger partial charge in [-0.25, -0.2) is 4.98 Å². The van der Waals surface area contributed by atoms with Gasteiger partial charge < -0.3 is 5.32 Å². The van der Waals surface area contributed by atoms with Crippen molar-refractivity contribution in [3.05, 3.63) is 22.8 Å². The summed E-state index contributed by atoms with van der Waals surface area (Å²) in [5, 5.41) is 3.43. The van der Waals surface area contributed by atoms with E-state index in [1.54, 1.807) is 0 Å². The molecule has 0 saturated heterocycles. The van der Waals surface area contributed by atoms with Crippen molar-refractivity contribution in [2.75, 3.05) is 11.9 Å². The number of rotatable bonds is 3. The fraction of sp³-hybridized carbons (Fsp3) is 0.583. The van der Waals surface area contributed by atoms with E-state index < -0.39 is 0 Å². The van der Waals surface area contributed by atoms with Gasteiger partial charge in [0.1, 0.15) is 5.82 Å². The average molecular weight is 269 g/mol. The van der Waals surface area contributed by atoms with Crippen molar-refractivity contribution in [2.24, 2.45) is 11.8 Å². The molecule has 2 unspecified atom stereocenters. The fourth-order valence-electron chi connectivity index (χ4n) is 2.27. The molecule has 0 aliphatic heterocycles. The number of hydrogen-bond acceptors (Lipinski definition) is 2. The number of aromatic nitrogens is 1. The van der Waals surface area contributed by atoms with Crippen LogP contribution in [0.2, 0.25) is 0 Å². The molecular formula is C12H17BrN2. The molecule has 82 valence electrons. The second kappa shape index (κ2) is 4.97. The summed E-state index contributed by atoms with van der Waals surface area (Å²) < 4.78 is 1.05. The minimum Gasteiger partial charge on any atom is -0.369 e. The monoisotopic (exact) mass is 268 g/mol. The van der Waals surface area contributed by atoms with Crippen LogP contribution in [-0.2, 0) is 0 Å². The molecule has 0 radical (unpaired) electrons. The molecule has 2 atom stereocenters. The predicted molar refractivity (Wildman–Crippen MR) is 66.9 cm³/mol. The maximum absolute atomic E-state index is 4.31. The summed E-state index contributed by atoms with van der Waals surface area (Å²) in [4.78, 5) is 4.31. The molecule has 0 bridgehead atoms. The third kappa shape index (κ3) is 2.71. The lowest BCUT2D eigenvalue weighted by Gasteiger charge is -2.16. The molecule has 1 aliphatic carbocycles. The van der Waals surface area contributed by atoms with Crippen molar-refractivity contribution in [3.8, 4) is 0 Å². The van der Waals surface area contributed by atoms with Crippen molar-refractivity contribution in [1.82, 2.24) is 4.98 Å². The standard InChI is InChI=1S/C12H17BrN2/c1-9-4-2-5-10(9)8-15-12-11(13)6-3-7-14-12/h3,6-7,9-10H,2,4-5,8H2,1H3,(H,14,15). The SMILES string of the molecule is CC1CCCC1CNc1ncccc1Br. The van der Waals surface area contributed by atoms with Crippen molar-refractivity contribution in [2.45, 2.75) is 26.2 Å². The van der Waals surface area contributed by atoms with Gasteiger partial charge in [-0.05, 0) is 46.3 Å². The molecule has 1 fully saturated rings. The van der Waals surface area contributed by atoms with Crippen LogP contribution < -0.4 is 5.32 Å². The number of anilines is 1. The first-order valence-electron chi connectivity index (χ1n) is 5.62. The zero-order valence-electron chi connectivity index (χ0n) is 9.04. The Balaban J connectivity index is 1.90. The third-order valence-electron chi connectivity index (χ3n) is 3.33. The van der Waals surface area contributed by atoms with Crippen LogP contribution in [0, 0.1) is 11.8 Å². The molecule has 1 aromatic rings. The fourth-order valence-corrected chi connectivity index (χ4v) is 2.66. The normalized spacial score (nSPS) is 25.5. The maximum atomic E-state index is 4.31. The van der Waals surface area contributed by atoms with E-state index in [1.807, 2.05) is 18.3 Å². The lowest BCUT2D eigenvalue weighted by atomic mass is 9.98. The van der Waals surface area contributed by atoms with Crippen LogP contribution in [0.1, 0.15) is 26.2 Å². The number of nitrogens with zero attached hydrogens (tertiary/aromatic N) is 1. The lowest BCUT2D eigenvalue weighted by molar-refractivity contribution is 0.439. The van der Waals surface area contributed by atoms with Crippen LogP contribution in [0.5, 0.6) is 0 Å². The van der Waals surface area contributed by atoms with E-state index in [9.17, 15) is 0 Å². The van der Waals surface area contributed by atoms with Gasteiger partial charge in [0.25, 0.3) is 0 Å². The van der Waals surface area contributed by atoms with Gasteiger partial charge >= 0.3 is 0 Å². The van der Waals surface area contributed by atoms with Crippen LogP contribution in [-0.4, -0.2) is 11.5 Å². The van der Waals surface area contributed by atoms with Gasteiger partial charge in [0.2, 0.25) is 0 Å². The molecule has 0 aromatic carbocycles. The van der Waals surface area contributed by atoms with Crippen molar-refractivity contribution in [3.63, 3.8) is 0 Å². The summed E-state index contributed by atoms with van der Waals surface area (Å²) in [5.41, 5.74) is 0. The zero-order valence-corrected chi connectivity index (χ0v) is 10.6. The first-order valence-corrected chi connectivity index (χ1v) is 6.41. The highest BCUT2D eigenvalue weighted by Crippen LogP contribution is 2.31. The Morgan fingerprint density at radius 1 is 1.53 bits per heavy atom. The molecule has 1 aromatic heterocycles. The molecular weight excluding hydrogens is 252 g/mol. The Kier molecular flexibility index (Phi) is 3.62. The van der Waals surface area contributed by atoms with Gasteiger partial charge in [-0.3, -0.25) is 0 Å². The molecule has 1 heterocycles. The van der Waals surface area contributed by atoms with E-state index >= 15 is 0 Å². The van der Waals surface area contributed by atoms with Gasteiger partial charge in [0, 0.05) is 12.7 Å². The largest absolute Gasteiger partial charge is 0.369 e. The van der Waals surface area contributed by atoms with Gasteiger partial charge in [-0.2, -0.15) is 0 Å². The second-order valence-electron chi connectivity index (χ2n) is 4.38. The summed E-state index contributed by atoms with van der Waals surface area (Å²) in [7, 11) is 0. The third-order valence-corrected chi connectivity index (χ3v) is 3.97. The van der Waals surface area contributed by atoms with Crippen LogP contribution in [0.15, 0.2) is 22.8 Å². The minimum atomic E-state index is 0.818. The number of hydrogen-bond donors (Lipinski definition) is 1. The molecule has 1 N–H and O–H groups in total. The Hall–Kier alpha value is -0.570.